The molecule has 2 heterocycles. The molecule has 1 N–H and O–H groups in total. The van der Waals surface area contributed by atoms with Crippen LogP contribution in [-0.2, 0) is 6.54 Å². The van der Waals surface area contributed by atoms with Gasteiger partial charge < -0.3 is 14.3 Å². The van der Waals surface area contributed by atoms with Gasteiger partial charge in [0, 0.05) is 5.38 Å². The highest BCUT2D eigenvalue weighted by Crippen LogP contribution is 2.25. The van der Waals surface area contributed by atoms with Crippen LogP contribution >= 0.6 is 23.6 Å². The van der Waals surface area contributed by atoms with Gasteiger partial charge in [-0.15, -0.1) is 11.3 Å². The predicted octanol–water partition coefficient (Wildman–Crippen LogP) is 3.52. The number of imidazole rings is 1. The zero-order valence-electron chi connectivity index (χ0n) is 10.6. The van der Waals surface area contributed by atoms with Crippen molar-refractivity contribution < 1.29 is 4.74 Å². The lowest BCUT2D eigenvalue weighted by atomic mass is 10.3. The van der Waals surface area contributed by atoms with Gasteiger partial charge in [0.1, 0.15) is 11.3 Å². The van der Waals surface area contributed by atoms with Crippen molar-refractivity contribution in [1.82, 2.24) is 14.5 Å². The summed E-state index contributed by atoms with van der Waals surface area (Å²) in [5.41, 5.74) is 3.00. The van der Waals surface area contributed by atoms with Gasteiger partial charge in [0.15, 0.2) is 4.77 Å². The number of para-hydroxylation sites is 1. The Bertz CT molecular complexity index is 785. The fourth-order valence-electron chi connectivity index (χ4n) is 2.12. The normalized spacial score (nSPS) is 11.1. The lowest BCUT2D eigenvalue weighted by Gasteiger charge is -2.03. The molecular weight excluding hydrogens is 278 g/mol. The van der Waals surface area contributed by atoms with Crippen molar-refractivity contribution in [2.75, 3.05) is 7.11 Å². The Morgan fingerprint density at radius 1 is 1.47 bits per heavy atom. The van der Waals surface area contributed by atoms with E-state index in [0.29, 0.717) is 11.3 Å². The van der Waals surface area contributed by atoms with Crippen molar-refractivity contribution in [1.29, 1.82) is 0 Å². The quantitative estimate of drug-likeness (QED) is 0.751. The van der Waals surface area contributed by atoms with Gasteiger partial charge in [0.05, 0.1) is 29.9 Å². The number of nitrogens with one attached hydrogen (secondary N) is 1. The zero-order chi connectivity index (χ0) is 13.4. The van der Waals surface area contributed by atoms with Gasteiger partial charge in [-0.1, -0.05) is 6.07 Å². The fraction of sp³-hybridized carbons (Fsp3) is 0.231. The number of thiazole rings is 1. The van der Waals surface area contributed by atoms with Crippen LogP contribution in [0.1, 0.15) is 10.7 Å². The minimum atomic E-state index is 0.677. The van der Waals surface area contributed by atoms with Gasteiger partial charge in [-0.05, 0) is 31.3 Å². The van der Waals surface area contributed by atoms with Crippen LogP contribution < -0.4 is 4.74 Å². The molecule has 19 heavy (non-hydrogen) atoms. The van der Waals surface area contributed by atoms with Gasteiger partial charge in [-0.2, -0.15) is 0 Å². The Labute approximate surface area is 119 Å². The van der Waals surface area contributed by atoms with Crippen molar-refractivity contribution in [2.45, 2.75) is 13.5 Å². The van der Waals surface area contributed by atoms with Crippen LogP contribution in [0.25, 0.3) is 11.0 Å². The zero-order valence-corrected chi connectivity index (χ0v) is 12.3. The van der Waals surface area contributed by atoms with E-state index in [9.17, 15) is 0 Å². The molecule has 6 heteroatoms. The number of ether oxygens (including phenoxy) is 1. The molecule has 0 spiro atoms. The van der Waals surface area contributed by atoms with E-state index in [4.69, 9.17) is 17.0 Å². The first kappa shape index (κ1) is 12.4. The smallest absolute Gasteiger partial charge is 0.178 e. The van der Waals surface area contributed by atoms with E-state index in [-0.39, 0.29) is 0 Å². The van der Waals surface area contributed by atoms with Crippen LogP contribution in [0.2, 0.25) is 0 Å². The summed E-state index contributed by atoms with van der Waals surface area (Å²) in [6, 6.07) is 5.92. The molecule has 3 rings (SSSR count). The maximum absolute atomic E-state index is 5.39. The second-order valence-electron chi connectivity index (χ2n) is 4.23. The number of aromatic amines is 1. The summed E-state index contributed by atoms with van der Waals surface area (Å²) in [6.07, 6.45) is 0. The molecule has 0 bridgehead atoms. The van der Waals surface area contributed by atoms with Crippen molar-refractivity contribution in [2.24, 2.45) is 0 Å². The maximum Gasteiger partial charge on any atom is 0.178 e. The van der Waals surface area contributed by atoms with Gasteiger partial charge in [0.25, 0.3) is 0 Å². The number of hydrogen-bond donors (Lipinski definition) is 1. The summed E-state index contributed by atoms with van der Waals surface area (Å²) < 4.78 is 8.07. The van der Waals surface area contributed by atoms with Crippen molar-refractivity contribution >= 4 is 34.6 Å². The number of aryl methyl sites for hydroxylation is 1. The minimum Gasteiger partial charge on any atom is -0.494 e. The van der Waals surface area contributed by atoms with Crippen LogP contribution in [0, 0.1) is 11.7 Å². The molecule has 0 unspecified atom stereocenters. The molecule has 98 valence electrons. The lowest BCUT2D eigenvalue weighted by molar-refractivity contribution is 0.419. The van der Waals surface area contributed by atoms with Crippen LogP contribution in [0.5, 0.6) is 5.75 Å². The van der Waals surface area contributed by atoms with Crippen molar-refractivity contribution in [3.05, 3.63) is 39.1 Å². The van der Waals surface area contributed by atoms with Gasteiger partial charge in [-0.3, -0.25) is 0 Å². The average Bonchev–Trinajstić information content (AvgIpc) is 2.94. The Kier molecular flexibility index (Phi) is 3.12. The summed E-state index contributed by atoms with van der Waals surface area (Å²) in [5.74, 6) is 0.803. The van der Waals surface area contributed by atoms with Crippen LogP contribution in [0.15, 0.2) is 23.6 Å². The summed E-state index contributed by atoms with van der Waals surface area (Å²) in [5, 5.41) is 3.13. The molecule has 4 nitrogen and oxygen atoms in total. The summed E-state index contributed by atoms with van der Waals surface area (Å²) in [7, 11) is 1.66. The molecule has 3 aromatic rings. The highest BCUT2D eigenvalue weighted by atomic mass is 32.1. The van der Waals surface area contributed by atoms with E-state index >= 15 is 0 Å². The van der Waals surface area contributed by atoms with Crippen LogP contribution in [0.4, 0.5) is 0 Å². The number of methoxy groups -OCH3 is 1. The van der Waals surface area contributed by atoms with Gasteiger partial charge in [0.2, 0.25) is 0 Å². The third-order valence-electron chi connectivity index (χ3n) is 2.98. The molecular formula is C13H13N3OS2. The number of nitrogens with zero attached hydrogens (tertiary/aromatic N) is 2. The third kappa shape index (κ3) is 2.17. The first-order valence-electron chi connectivity index (χ1n) is 5.85. The Balaban J connectivity index is 2.13. The lowest BCUT2D eigenvalue weighted by Crippen LogP contribution is -2.00. The number of hydrogen-bond acceptors (Lipinski definition) is 4. The minimum absolute atomic E-state index is 0.677. The molecule has 0 radical (unpaired) electrons. The van der Waals surface area contributed by atoms with Gasteiger partial charge >= 0.3 is 0 Å². The molecule has 0 atom stereocenters. The summed E-state index contributed by atoms with van der Waals surface area (Å²) in [4.78, 5) is 7.68. The summed E-state index contributed by atoms with van der Waals surface area (Å²) in [6.45, 7) is 2.68. The maximum atomic E-state index is 5.39. The van der Waals surface area contributed by atoms with Crippen LogP contribution in [0.3, 0.4) is 0 Å². The molecule has 0 aliphatic carbocycles. The predicted molar refractivity (Wildman–Crippen MR) is 79.6 cm³/mol. The first-order valence-corrected chi connectivity index (χ1v) is 7.14. The van der Waals surface area contributed by atoms with Crippen molar-refractivity contribution in [3.8, 4) is 5.75 Å². The number of H-pyrrole nitrogens is 1. The van der Waals surface area contributed by atoms with E-state index in [1.165, 1.54) is 0 Å². The van der Waals surface area contributed by atoms with Crippen LogP contribution in [-0.4, -0.2) is 21.6 Å². The Morgan fingerprint density at radius 3 is 3.00 bits per heavy atom. The van der Waals surface area contributed by atoms with E-state index in [0.717, 1.165) is 27.5 Å². The van der Waals surface area contributed by atoms with E-state index in [1.54, 1.807) is 18.4 Å². The first-order chi connectivity index (χ1) is 9.19. The van der Waals surface area contributed by atoms with Gasteiger partial charge in [-0.25, -0.2) is 4.98 Å². The monoisotopic (exact) mass is 291 g/mol. The fourth-order valence-corrected chi connectivity index (χ4v) is 2.99. The highest BCUT2D eigenvalue weighted by Gasteiger charge is 2.10. The number of rotatable bonds is 3. The van der Waals surface area contributed by atoms with Crippen molar-refractivity contribution in [3.63, 3.8) is 0 Å². The number of aromatic nitrogens is 3. The number of fused-ring (bicyclic) bond motifs is 1. The molecule has 1 aromatic carbocycles. The van der Waals surface area contributed by atoms with E-state index in [2.05, 4.69) is 15.3 Å². The molecule has 0 saturated carbocycles. The second kappa shape index (κ2) is 4.79. The van der Waals surface area contributed by atoms with E-state index < -0.39 is 0 Å². The third-order valence-corrected chi connectivity index (χ3v) is 4.12. The summed E-state index contributed by atoms with van der Waals surface area (Å²) >= 11 is 7.05. The highest BCUT2D eigenvalue weighted by molar-refractivity contribution is 7.71. The average molecular weight is 291 g/mol. The Hall–Kier alpha value is -1.66. The molecule has 0 aliphatic rings. The topological polar surface area (TPSA) is 42.8 Å². The Morgan fingerprint density at radius 2 is 2.32 bits per heavy atom. The standard InChI is InChI=1S/C13H13N3OS2/c1-8-14-9(7-19-8)6-16-10-4-3-5-11(17-2)12(10)15-13(16)18/h3-5,7H,6H2,1-2H3,(H,15,18). The van der Waals surface area contributed by atoms with E-state index in [1.807, 2.05) is 29.7 Å². The largest absolute Gasteiger partial charge is 0.494 e. The molecule has 0 fully saturated rings. The second-order valence-corrected chi connectivity index (χ2v) is 5.68. The number of benzene rings is 1. The molecule has 0 aliphatic heterocycles. The molecule has 0 saturated heterocycles. The molecule has 2 aromatic heterocycles. The molecule has 0 amide bonds. The SMILES string of the molecule is COc1cccc2c1[nH]c(=S)n2Cc1csc(C)n1.